The molecular weight excluding hydrogens is 240 g/mol. The number of carboxylic acid groups (broad SMARTS) is 1. The molecular formula is C16H22O3. The highest BCUT2D eigenvalue weighted by Crippen LogP contribution is 2.38. The van der Waals surface area contributed by atoms with Crippen molar-refractivity contribution in [1.29, 1.82) is 0 Å². The molecule has 0 aromatic heterocycles. The third-order valence-electron chi connectivity index (χ3n) is 4.18. The predicted molar refractivity (Wildman–Crippen MR) is 74.6 cm³/mol. The minimum Gasteiger partial charge on any atom is -0.497 e. The summed E-state index contributed by atoms with van der Waals surface area (Å²) in [7, 11) is 1.70. The van der Waals surface area contributed by atoms with Crippen LogP contribution in [0.1, 0.15) is 50.0 Å². The standard InChI is InChI=1S/C16H22O3/c1-19-15-4-2-3-14(11-15)13-8-5-12(6-9-13)7-10-16(17)18/h2-4,11-13H,5-10H2,1H3,(H,17,18). The summed E-state index contributed by atoms with van der Waals surface area (Å²) in [6.45, 7) is 0. The van der Waals surface area contributed by atoms with Gasteiger partial charge in [-0.1, -0.05) is 12.1 Å². The first-order valence-electron chi connectivity index (χ1n) is 7.04. The number of carbonyl (C=O) groups is 1. The Kier molecular flexibility index (Phi) is 4.83. The lowest BCUT2D eigenvalue weighted by molar-refractivity contribution is -0.137. The Hall–Kier alpha value is -1.51. The first-order chi connectivity index (χ1) is 9.19. The summed E-state index contributed by atoms with van der Waals surface area (Å²) in [4.78, 5) is 10.6. The van der Waals surface area contributed by atoms with E-state index in [0.29, 0.717) is 18.3 Å². The van der Waals surface area contributed by atoms with Crippen molar-refractivity contribution >= 4 is 5.97 Å². The Bertz CT molecular complexity index is 420. The minimum absolute atomic E-state index is 0.314. The fraction of sp³-hybridized carbons (Fsp3) is 0.562. The summed E-state index contributed by atoms with van der Waals surface area (Å²) < 4.78 is 5.27. The van der Waals surface area contributed by atoms with Crippen LogP contribution in [-0.2, 0) is 4.79 Å². The predicted octanol–water partition coefficient (Wildman–Crippen LogP) is 3.83. The summed E-state index contributed by atoms with van der Waals surface area (Å²) in [5.41, 5.74) is 1.36. The number of hydrogen-bond donors (Lipinski definition) is 1. The lowest BCUT2D eigenvalue weighted by Gasteiger charge is -2.28. The van der Waals surface area contributed by atoms with E-state index in [0.717, 1.165) is 37.9 Å². The molecule has 3 heteroatoms. The molecule has 0 heterocycles. The molecule has 1 fully saturated rings. The van der Waals surface area contributed by atoms with Crippen molar-refractivity contribution < 1.29 is 14.6 Å². The van der Waals surface area contributed by atoms with Crippen LogP contribution in [0.2, 0.25) is 0 Å². The summed E-state index contributed by atoms with van der Waals surface area (Å²) in [5.74, 6) is 1.45. The monoisotopic (exact) mass is 262 g/mol. The molecule has 0 bridgehead atoms. The molecule has 1 aromatic rings. The van der Waals surface area contributed by atoms with E-state index in [2.05, 4.69) is 12.1 Å². The fourth-order valence-corrected chi connectivity index (χ4v) is 3.01. The first-order valence-corrected chi connectivity index (χ1v) is 7.04. The van der Waals surface area contributed by atoms with Gasteiger partial charge in [0, 0.05) is 6.42 Å². The summed E-state index contributed by atoms with van der Waals surface area (Å²) in [6.07, 6.45) is 5.77. The van der Waals surface area contributed by atoms with Gasteiger partial charge in [-0.2, -0.15) is 0 Å². The van der Waals surface area contributed by atoms with E-state index in [-0.39, 0.29) is 0 Å². The van der Waals surface area contributed by atoms with Crippen LogP contribution in [0.15, 0.2) is 24.3 Å². The number of rotatable bonds is 5. The summed E-state index contributed by atoms with van der Waals surface area (Å²) >= 11 is 0. The Morgan fingerprint density at radius 3 is 2.68 bits per heavy atom. The molecule has 0 saturated heterocycles. The van der Waals surface area contributed by atoms with Crippen molar-refractivity contribution in [3.63, 3.8) is 0 Å². The van der Waals surface area contributed by atoms with E-state index in [1.54, 1.807) is 7.11 Å². The maximum atomic E-state index is 10.6. The van der Waals surface area contributed by atoms with Crippen LogP contribution in [0.5, 0.6) is 5.75 Å². The van der Waals surface area contributed by atoms with Gasteiger partial charge in [-0.3, -0.25) is 4.79 Å². The minimum atomic E-state index is -0.671. The van der Waals surface area contributed by atoms with Crippen molar-refractivity contribution in [1.82, 2.24) is 0 Å². The van der Waals surface area contributed by atoms with E-state index in [4.69, 9.17) is 9.84 Å². The fourth-order valence-electron chi connectivity index (χ4n) is 3.01. The third-order valence-corrected chi connectivity index (χ3v) is 4.18. The topological polar surface area (TPSA) is 46.5 Å². The van der Waals surface area contributed by atoms with Gasteiger partial charge in [-0.05, 0) is 61.6 Å². The molecule has 19 heavy (non-hydrogen) atoms. The van der Waals surface area contributed by atoms with Crippen molar-refractivity contribution in [2.24, 2.45) is 5.92 Å². The van der Waals surface area contributed by atoms with Crippen LogP contribution >= 0.6 is 0 Å². The zero-order valence-electron chi connectivity index (χ0n) is 11.5. The second-order valence-electron chi connectivity index (χ2n) is 5.43. The molecule has 0 unspecified atom stereocenters. The Morgan fingerprint density at radius 2 is 2.05 bits per heavy atom. The van der Waals surface area contributed by atoms with E-state index >= 15 is 0 Å². The number of aliphatic carboxylic acids is 1. The van der Waals surface area contributed by atoms with Crippen LogP contribution in [0.4, 0.5) is 0 Å². The van der Waals surface area contributed by atoms with Gasteiger partial charge in [0.05, 0.1) is 7.11 Å². The van der Waals surface area contributed by atoms with Gasteiger partial charge in [-0.15, -0.1) is 0 Å². The highest BCUT2D eigenvalue weighted by atomic mass is 16.5. The Morgan fingerprint density at radius 1 is 1.32 bits per heavy atom. The average Bonchev–Trinajstić information content (AvgIpc) is 2.45. The number of ether oxygens (including phenoxy) is 1. The Labute approximate surface area is 114 Å². The lowest BCUT2D eigenvalue weighted by atomic mass is 9.77. The van der Waals surface area contributed by atoms with Crippen molar-refractivity contribution in [3.05, 3.63) is 29.8 Å². The van der Waals surface area contributed by atoms with E-state index < -0.39 is 5.97 Å². The van der Waals surface area contributed by atoms with Crippen LogP contribution in [-0.4, -0.2) is 18.2 Å². The highest BCUT2D eigenvalue weighted by molar-refractivity contribution is 5.66. The van der Waals surface area contributed by atoms with Crippen LogP contribution < -0.4 is 4.74 Å². The molecule has 1 saturated carbocycles. The van der Waals surface area contributed by atoms with Crippen molar-refractivity contribution in [2.75, 3.05) is 7.11 Å². The van der Waals surface area contributed by atoms with Crippen molar-refractivity contribution in [3.8, 4) is 5.75 Å². The smallest absolute Gasteiger partial charge is 0.303 e. The van der Waals surface area contributed by atoms with E-state index in [1.165, 1.54) is 5.56 Å². The van der Waals surface area contributed by atoms with Gasteiger partial charge >= 0.3 is 5.97 Å². The van der Waals surface area contributed by atoms with Gasteiger partial charge in [0.2, 0.25) is 0 Å². The van der Waals surface area contributed by atoms with Crippen LogP contribution in [0, 0.1) is 5.92 Å². The summed E-state index contributed by atoms with van der Waals surface area (Å²) in [5, 5.41) is 8.72. The van der Waals surface area contributed by atoms with Crippen LogP contribution in [0.3, 0.4) is 0 Å². The van der Waals surface area contributed by atoms with Gasteiger partial charge in [0.1, 0.15) is 5.75 Å². The molecule has 0 atom stereocenters. The molecule has 3 nitrogen and oxygen atoms in total. The largest absolute Gasteiger partial charge is 0.497 e. The zero-order chi connectivity index (χ0) is 13.7. The maximum absolute atomic E-state index is 10.6. The molecule has 0 radical (unpaired) electrons. The SMILES string of the molecule is COc1cccc(C2CCC(CCC(=O)O)CC2)c1. The number of methoxy groups -OCH3 is 1. The zero-order valence-corrected chi connectivity index (χ0v) is 11.5. The highest BCUT2D eigenvalue weighted by Gasteiger charge is 2.22. The molecule has 0 amide bonds. The molecule has 1 aromatic carbocycles. The number of benzene rings is 1. The first kappa shape index (κ1) is 13.9. The second kappa shape index (κ2) is 6.60. The molecule has 0 spiro atoms. The normalized spacial score (nSPS) is 23.0. The molecule has 104 valence electrons. The Balaban J connectivity index is 1.87. The average molecular weight is 262 g/mol. The molecule has 2 rings (SSSR count). The quantitative estimate of drug-likeness (QED) is 0.877. The van der Waals surface area contributed by atoms with Gasteiger partial charge in [0.15, 0.2) is 0 Å². The number of carboxylic acids is 1. The number of hydrogen-bond acceptors (Lipinski definition) is 2. The lowest BCUT2D eigenvalue weighted by Crippen LogP contribution is -2.14. The van der Waals surface area contributed by atoms with Gasteiger partial charge in [-0.25, -0.2) is 0 Å². The van der Waals surface area contributed by atoms with Crippen molar-refractivity contribution in [2.45, 2.75) is 44.4 Å². The second-order valence-corrected chi connectivity index (χ2v) is 5.43. The summed E-state index contributed by atoms with van der Waals surface area (Å²) in [6, 6.07) is 8.32. The third kappa shape index (κ3) is 3.98. The molecule has 1 aliphatic carbocycles. The van der Waals surface area contributed by atoms with Crippen LogP contribution in [0.25, 0.3) is 0 Å². The maximum Gasteiger partial charge on any atom is 0.303 e. The van der Waals surface area contributed by atoms with Gasteiger partial charge < -0.3 is 9.84 Å². The molecule has 0 aliphatic heterocycles. The van der Waals surface area contributed by atoms with E-state index in [1.807, 2.05) is 12.1 Å². The van der Waals surface area contributed by atoms with Gasteiger partial charge in [0.25, 0.3) is 0 Å². The van der Waals surface area contributed by atoms with E-state index in [9.17, 15) is 4.79 Å². The molecule has 1 aliphatic rings. The molecule has 1 N–H and O–H groups in total.